The van der Waals surface area contributed by atoms with Crippen molar-refractivity contribution in [2.75, 3.05) is 0 Å². The van der Waals surface area contributed by atoms with Gasteiger partial charge in [0.15, 0.2) is 0 Å². The van der Waals surface area contributed by atoms with E-state index in [0.29, 0.717) is 0 Å². The summed E-state index contributed by atoms with van der Waals surface area (Å²) in [6.45, 7) is 5.62. The molecule has 1 heterocycles. The molecule has 1 atom stereocenters. The number of aliphatic hydroxyl groups excluding tert-OH is 1. The van der Waals surface area contributed by atoms with E-state index in [1.807, 2.05) is 19.2 Å². The van der Waals surface area contributed by atoms with Gasteiger partial charge in [-0.3, -0.25) is 4.98 Å². The molecule has 1 N–H and O–H groups in total. The van der Waals surface area contributed by atoms with Crippen molar-refractivity contribution in [3.05, 3.63) is 96.7 Å². The highest BCUT2D eigenvalue weighted by Gasteiger charge is 2.02. The molecule has 2 nitrogen and oxygen atoms in total. The maximum Gasteiger partial charge on any atom is 0.0702 e. The van der Waals surface area contributed by atoms with Crippen molar-refractivity contribution in [1.82, 2.24) is 4.98 Å². The van der Waals surface area contributed by atoms with Gasteiger partial charge < -0.3 is 5.11 Å². The van der Waals surface area contributed by atoms with Crippen LogP contribution in [-0.4, -0.2) is 16.2 Å². The Morgan fingerprint density at radius 2 is 1.62 bits per heavy atom. The zero-order chi connectivity index (χ0) is 20.5. The first-order valence-electron chi connectivity index (χ1n) is 10.3. The van der Waals surface area contributed by atoms with Gasteiger partial charge in [-0.25, -0.2) is 0 Å². The fourth-order valence-corrected chi connectivity index (χ4v) is 3.25. The van der Waals surface area contributed by atoms with Gasteiger partial charge in [0, 0.05) is 17.3 Å². The molecule has 148 valence electrons. The number of pyridine rings is 1. The number of benzene rings is 2. The van der Waals surface area contributed by atoms with Crippen LogP contribution < -0.4 is 0 Å². The molecule has 0 saturated carbocycles. The molecule has 0 aliphatic heterocycles. The quantitative estimate of drug-likeness (QED) is 0.329. The van der Waals surface area contributed by atoms with E-state index in [-0.39, 0.29) is 6.10 Å². The molecule has 0 spiro atoms. The fraction of sp³-hybridized carbons (Fsp3) is 0.222. The molecule has 0 amide bonds. The van der Waals surface area contributed by atoms with E-state index >= 15 is 0 Å². The first-order chi connectivity index (χ1) is 14.2. The first kappa shape index (κ1) is 20.8. The van der Waals surface area contributed by atoms with Crippen LogP contribution in [0.1, 0.15) is 37.3 Å². The zero-order valence-corrected chi connectivity index (χ0v) is 17.1. The van der Waals surface area contributed by atoms with Crippen LogP contribution in [-0.2, 0) is 6.42 Å². The third-order valence-electron chi connectivity index (χ3n) is 4.94. The van der Waals surface area contributed by atoms with E-state index in [1.165, 1.54) is 16.7 Å². The van der Waals surface area contributed by atoms with Crippen LogP contribution in [0.2, 0.25) is 0 Å². The molecular weight excluding hydrogens is 354 g/mol. The highest BCUT2D eigenvalue weighted by atomic mass is 16.3. The Hall–Kier alpha value is -2.97. The van der Waals surface area contributed by atoms with Gasteiger partial charge in [0.1, 0.15) is 0 Å². The lowest BCUT2D eigenvalue weighted by Gasteiger charge is -2.06. The minimum absolute atomic E-state index is 0.210. The SMILES string of the molecule is C=CCc1ccc(-c2ccc(-c3ccc(/C=C/CCCC(C)O)cc3)nc2)cc1. The van der Waals surface area contributed by atoms with Crippen LogP contribution in [0.5, 0.6) is 0 Å². The zero-order valence-electron chi connectivity index (χ0n) is 17.1. The minimum Gasteiger partial charge on any atom is -0.393 e. The molecule has 0 bridgehead atoms. The maximum atomic E-state index is 9.29. The summed E-state index contributed by atoms with van der Waals surface area (Å²) in [4.78, 5) is 4.66. The number of allylic oxidation sites excluding steroid dienone is 2. The Morgan fingerprint density at radius 3 is 2.24 bits per heavy atom. The minimum atomic E-state index is -0.210. The van der Waals surface area contributed by atoms with Crippen molar-refractivity contribution in [2.24, 2.45) is 0 Å². The van der Waals surface area contributed by atoms with Crippen LogP contribution in [0.15, 0.2) is 85.6 Å². The highest BCUT2D eigenvalue weighted by molar-refractivity contribution is 5.68. The summed E-state index contributed by atoms with van der Waals surface area (Å²) in [7, 11) is 0. The Bertz CT molecular complexity index is 920. The molecular formula is C27H29NO. The van der Waals surface area contributed by atoms with E-state index in [1.54, 1.807) is 0 Å². The Balaban J connectivity index is 1.62. The predicted octanol–water partition coefficient (Wildman–Crippen LogP) is 6.71. The topological polar surface area (TPSA) is 33.1 Å². The summed E-state index contributed by atoms with van der Waals surface area (Å²) in [5.74, 6) is 0. The van der Waals surface area contributed by atoms with E-state index in [0.717, 1.165) is 42.5 Å². The third kappa shape index (κ3) is 6.27. The average molecular weight is 384 g/mol. The lowest BCUT2D eigenvalue weighted by atomic mass is 10.0. The van der Waals surface area contributed by atoms with Gasteiger partial charge in [-0.1, -0.05) is 72.8 Å². The van der Waals surface area contributed by atoms with Crippen molar-refractivity contribution in [2.45, 2.75) is 38.7 Å². The number of aliphatic hydroxyl groups is 1. The lowest BCUT2D eigenvalue weighted by Crippen LogP contribution is -1.97. The standard InChI is InChI=1S/C27H29NO/c1-3-7-22-10-14-24(15-11-22)26-18-19-27(28-20-26)25-16-12-23(13-17-25)9-6-4-5-8-21(2)29/h3,6,9-21,29H,1,4-5,7-8H2,2H3/b9-6+. The Labute approximate surface area is 174 Å². The highest BCUT2D eigenvalue weighted by Crippen LogP contribution is 2.23. The van der Waals surface area contributed by atoms with E-state index < -0.39 is 0 Å². The number of hydrogen-bond donors (Lipinski definition) is 1. The summed E-state index contributed by atoms with van der Waals surface area (Å²) in [6.07, 6.45) is 11.7. The molecule has 0 fully saturated rings. The molecule has 3 rings (SSSR count). The predicted molar refractivity (Wildman–Crippen MR) is 124 cm³/mol. The van der Waals surface area contributed by atoms with Gasteiger partial charge in [0.25, 0.3) is 0 Å². The second-order valence-electron chi connectivity index (χ2n) is 7.43. The van der Waals surface area contributed by atoms with Crippen molar-refractivity contribution in [1.29, 1.82) is 0 Å². The average Bonchev–Trinajstić information content (AvgIpc) is 2.75. The Kier molecular flexibility index (Phi) is 7.54. The van der Waals surface area contributed by atoms with Crippen LogP contribution in [0.4, 0.5) is 0 Å². The number of hydrogen-bond acceptors (Lipinski definition) is 2. The molecule has 1 unspecified atom stereocenters. The van der Waals surface area contributed by atoms with E-state index in [9.17, 15) is 5.11 Å². The van der Waals surface area contributed by atoms with E-state index in [2.05, 4.69) is 84.4 Å². The molecule has 2 heteroatoms. The van der Waals surface area contributed by atoms with Crippen molar-refractivity contribution >= 4 is 6.08 Å². The number of aromatic nitrogens is 1. The largest absolute Gasteiger partial charge is 0.393 e. The van der Waals surface area contributed by atoms with Crippen molar-refractivity contribution in [3.8, 4) is 22.4 Å². The van der Waals surface area contributed by atoms with Gasteiger partial charge >= 0.3 is 0 Å². The molecule has 3 aromatic rings. The van der Waals surface area contributed by atoms with Gasteiger partial charge in [-0.05, 0) is 55.4 Å². The van der Waals surface area contributed by atoms with Gasteiger partial charge in [0.05, 0.1) is 11.8 Å². The van der Waals surface area contributed by atoms with Crippen LogP contribution >= 0.6 is 0 Å². The van der Waals surface area contributed by atoms with Crippen molar-refractivity contribution < 1.29 is 5.11 Å². The summed E-state index contributed by atoms with van der Waals surface area (Å²) in [5.41, 5.74) is 6.84. The molecule has 0 radical (unpaired) electrons. The second kappa shape index (κ2) is 10.5. The first-order valence-corrected chi connectivity index (χ1v) is 10.3. The number of rotatable bonds is 9. The van der Waals surface area contributed by atoms with Gasteiger partial charge in [-0.2, -0.15) is 0 Å². The van der Waals surface area contributed by atoms with Crippen molar-refractivity contribution in [3.63, 3.8) is 0 Å². The fourth-order valence-electron chi connectivity index (χ4n) is 3.25. The summed E-state index contributed by atoms with van der Waals surface area (Å²) >= 11 is 0. The molecule has 2 aromatic carbocycles. The monoisotopic (exact) mass is 383 g/mol. The summed E-state index contributed by atoms with van der Waals surface area (Å²) < 4.78 is 0. The summed E-state index contributed by atoms with van der Waals surface area (Å²) in [5, 5.41) is 9.29. The smallest absolute Gasteiger partial charge is 0.0702 e. The number of nitrogens with zero attached hydrogens (tertiary/aromatic N) is 1. The molecule has 0 aliphatic rings. The van der Waals surface area contributed by atoms with E-state index in [4.69, 9.17) is 0 Å². The molecule has 29 heavy (non-hydrogen) atoms. The summed E-state index contributed by atoms with van der Waals surface area (Å²) in [6, 6.07) is 21.2. The molecule has 0 aliphatic carbocycles. The normalized spacial score (nSPS) is 12.2. The van der Waals surface area contributed by atoms with Gasteiger partial charge in [0.2, 0.25) is 0 Å². The third-order valence-corrected chi connectivity index (χ3v) is 4.94. The van der Waals surface area contributed by atoms with Crippen LogP contribution in [0, 0.1) is 0 Å². The second-order valence-corrected chi connectivity index (χ2v) is 7.43. The lowest BCUT2D eigenvalue weighted by molar-refractivity contribution is 0.182. The van der Waals surface area contributed by atoms with Gasteiger partial charge in [-0.15, -0.1) is 6.58 Å². The van der Waals surface area contributed by atoms with Crippen LogP contribution in [0.25, 0.3) is 28.5 Å². The Morgan fingerprint density at radius 1 is 0.931 bits per heavy atom. The molecule has 0 saturated heterocycles. The maximum absolute atomic E-state index is 9.29. The molecule has 1 aromatic heterocycles. The van der Waals surface area contributed by atoms with Crippen LogP contribution in [0.3, 0.4) is 0 Å². The number of unbranched alkanes of at least 4 members (excludes halogenated alkanes) is 1.